The van der Waals surface area contributed by atoms with Crippen molar-refractivity contribution >= 4 is 34.9 Å². The minimum absolute atomic E-state index is 0.0732. The summed E-state index contributed by atoms with van der Waals surface area (Å²) in [5, 5.41) is 3.78. The minimum atomic E-state index is -0.560. The Bertz CT molecular complexity index is 366. The Kier molecular flexibility index (Phi) is 4.77. The number of thioether (sulfide) groups is 1. The average Bonchev–Trinajstić information content (AvgIpc) is 2.34. The van der Waals surface area contributed by atoms with Crippen molar-refractivity contribution in [1.82, 2.24) is 5.32 Å². The van der Waals surface area contributed by atoms with Crippen molar-refractivity contribution in [1.29, 1.82) is 0 Å². The van der Waals surface area contributed by atoms with Crippen LogP contribution in [-0.2, 0) is 4.79 Å². The van der Waals surface area contributed by atoms with Gasteiger partial charge in [-0.3, -0.25) is 4.79 Å². The van der Waals surface area contributed by atoms with Gasteiger partial charge in [0.25, 0.3) is 0 Å². The van der Waals surface area contributed by atoms with Gasteiger partial charge in [0, 0.05) is 11.3 Å². The van der Waals surface area contributed by atoms with Crippen LogP contribution in [-0.4, -0.2) is 28.4 Å². The fourth-order valence-electron chi connectivity index (χ4n) is 3.48. The number of hydrogen-bond acceptors (Lipinski definition) is 3. The highest BCUT2D eigenvalue weighted by atomic mass is 32.2. The number of thiocarbonyl (C=S) groups is 1. The Morgan fingerprint density at radius 3 is 2.53 bits per heavy atom. The van der Waals surface area contributed by atoms with E-state index in [1.807, 2.05) is 11.8 Å². The van der Waals surface area contributed by atoms with Crippen molar-refractivity contribution < 1.29 is 4.79 Å². The molecule has 3 N–H and O–H groups in total. The molecule has 2 aliphatic carbocycles. The second kappa shape index (κ2) is 6.00. The maximum atomic E-state index is 12.6. The molecule has 108 valence electrons. The first-order valence-electron chi connectivity index (χ1n) is 7.13. The highest BCUT2D eigenvalue weighted by molar-refractivity contribution is 7.99. The number of carbonyl (C=O) groups excluding carboxylic acids is 1. The standard InChI is InChI=1S/C14H24N2OS2/c1-9-7-14(8-9,12(15)18)13(17)16-10-5-3-4-6-11(10)19-2/h9-11H,3-8H2,1-2H3,(H2,15,18)(H,16,17). The molecule has 0 aromatic rings. The molecular weight excluding hydrogens is 276 g/mol. The zero-order chi connectivity index (χ0) is 14.0. The summed E-state index contributed by atoms with van der Waals surface area (Å²) in [5.41, 5.74) is 5.27. The summed E-state index contributed by atoms with van der Waals surface area (Å²) in [6.45, 7) is 2.15. The number of rotatable bonds is 4. The monoisotopic (exact) mass is 300 g/mol. The summed E-state index contributed by atoms with van der Waals surface area (Å²) in [4.78, 5) is 13.0. The summed E-state index contributed by atoms with van der Waals surface area (Å²) in [7, 11) is 0. The third-order valence-electron chi connectivity index (χ3n) is 4.62. The third kappa shape index (κ3) is 2.92. The van der Waals surface area contributed by atoms with E-state index in [1.165, 1.54) is 19.3 Å². The summed E-state index contributed by atoms with van der Waals surface area (Å²) >= 11 is 7.01. The summed E-state index contributed by atoms with van der Waals surface area (Å²) in [5.74, 6) is 0.624. The van der Waals surface area contributed by atoms with E-state index in [0.717, 1.165) is 19.3 Å². The van der Waals surface area contributed by atoms with Crippen LogP contribution in [0.15, 0.2) is 0 Å². The SMILES string of the molecule is CSC1CCCCC1NC(=O)C1(C(N)=S)CC(C)C1. The lowest BCUT2D eigenvalue weighted by molar-refractivity contribution is -0.133. The lowest BCUT2D eigenvalue weighted by Gasteiger charge is -2.45. The number of carbonyl (C=O) groups is 1. The van der Waals surface area contributed by atoms with Gasteiger partial charge < -0.3 is 11.1 Å². The van der Waals surface area contributed by atoms with Gasteiger partial charge in [-0.1, -0.05) is 32.0 Å². The van der Waals surface area contributed by atoms with Crippen LogP contribution in [0.4, 0.5) is 0 Å². The van der Waals surface area contributed by atoms with E-state index in [0.29, 0.717) is 22.2 Å². The van der Waals surface area contributed by atoms with Crippen molar-refractivity contribution in [2.24, 2.45) is 17.1 Å². The number of hydrogen-bond donors (Lipinski definition) is 2. The first-order valence-corrected chi connectivity index (χ1v) is 8.83. The Labute approximate surface area is 125 Å². The van der Waals surface area contributed by atoms with E-state index in [4.69, 9.17) is 18.0 Å². The van der Waals surface area contributed by atoms with Crippen molar-refractivity contribution in [3.05, 3.63) is 0 Å². The molecule has 2 atom stereocenters. The van der Waals surface area contributed by atoms with Crippen molar-refractivity contribution in [2.45, 2.75) is 56.7 Å². The van der Waals surface area contributed by atoms with E-state index in [9.17, 15) is 4.79 Å². The molecule has 0 aromatic heterocycles. The van der Waals surface area contributed by atoms with Gasteiger partial charge in [0.1, 0.15) is 0 Å². The summed E-state index contributed by atoms with van der Waals surface area (Å²) in [6, 6.07) is 0.290. The highest BCUT2D eigenvalue weighted by Crippen LogP contribution is 2.46. The molecule has 0 heterocycles. The number of nitrogens with one attached hydrogen (secondary N) is 1. The average molecular weight is 300 g/mol. The van der Waals surface area contributed by atoms with Crippen molar-refractivity contribution in [3.8, 4) is 0 Å². The molecule has 0 spiro atoms. The van der Waals surface area contributed by atoms with Crippen LogP contribution in [0, 0.1) is 11.3 Å². The molecule has 19 heavy (non-hydrogen) atoms. The summed E-state index contributed by atoms with van der Waals surface area (Å²) in [6.07, 6.45) is 8.51. The molecular formula is C14H24N2OS2. The zero-order valence-electron chi connectivity index (χ0n) is 11.8. The zero-order valence-corrected chi connectivity index (χ0v) is 13.4. The summed E-state index contributed by atoms with van der Waals surface area (Å²) < 4.78 is 0. The van der Waals surface area contributed by atoms with Crippen LogP contribution < -0.4 is 11.1 Å². The van der Waals surface area contributed by atoms with E-state index in [-0.39, 0.29) is 5.91 Å². The fourth-order valence-corrected chi connectivity index (χ4v) is 4.67. The molecule has 5 heteroatoms. The highest BCUT2D eigenvalue weighted by Gasteiger charge is 2.51. The van der Waals surface area contributed by atoms with Crippen LogP contribution in [0.25, 0.3) is 0 Å². The van der Waals surface area contributed by atoms with Gasteiger partial charge in [-0.15, -0.1) is 0 Å². The van der Waals surface area contributed by atoms with Gasteiger partial charge in [0.05, 0.1) is 10.4 Å². The van der Waals surface area contributed by atoms with Crippen LogP contribution in [0.5, 0.6) is 0 Å². The Hall–Kier alpha value is -0.290. The van der Waals surface area contributed by atoms with E-state index < -0.39 is 5.41 Å². The quantitative estimate of drug-likeness (QED) is 0.783. The maximum absolute atomic E-state index is 12.6. The Balaban J connectivity index is 2.01. The van der Waals surface area contributed by atoms with E-state index in [1.54, 1.807) is 0 Å². The Morgan fingerprint density at radius 2 is 2.00 bits per heavy atom. The van der Waals surface area contributed by atoms with Crippen LogP contribution in [0.2, 0.25) is 0 Å². The Morgan fingerprint density at radius 1 is 1.37 bits per heavy atom. The van der Waals surface area contributed by atoms with Gasteiger partial charge in [-0.2, -0.15) is 11.8 Å². The van der Waals surface area contributed by atoms with Crippen molar-refractivity contribution in [2.75, 3.05) is 6.26 Å². The predicted molar refractivity (Wildman–Crippen MR) is 85.3 cm³/mol. The maximum Gasteiger partial charge on any atom is 0.233 e. The van der Waals surface area contributed by atoms with Crippen molar-refractivity contribution in [3.63, 3.8) is 0 Å². The van der Waals surface area contributed by atoms with Crippen LogP contribution in [0.1, 0.15) is 45.4 Å². The van der Waals surface area contributed by atoms with Gasteiger partial charge in [-0.05, 0) is 37.9 Å². The predicted octanol–water partition coefficient (Wildman–Crippen LogP) is 2.48. The normalized spacial score (nSPS) is 38.3. The molecule has 2 aliphatic rings. The van der Waals surface area contributed by atoms with E-state index in [2.05, 4.69) is 18.5 Å². The molecule has 0 bridgehead atoms. The van der Waals surface area contributed by atoms with Crippen LogP contribution in [0.3, 0.4) is 0 Å². The molecule has 2 saturated carbocycles. The smallest absolute Gasteiger partial charge is 0.233 e. The fraction of sp³-hybridized carbons (Fsp3) is 0.857. The molecule has 2 rings (SSSR count). The first kappa shape index (κ1) is 15.1. The molecule has 0 aromatic carbocycles. The van der Waals surface area contributed by atoms with Gasteiger partial charge >= 0.3 is 0 Å². The van der Waals surface area contributed by atoms with E-state index >= 15 is 0 Å². The third-order valence-corrected chi connectivity index (χ3v) is 6.18. The van der Waals surface area contributed by atoms with Gasteiger partial charge in [0.15, 0.2) is 0 Å². The van der Waals surface area contributed by atoms with Crippen LogP contribution >= 0.6 is 24.0 Å². The largest absolute Gasteiger partial charge is 0.392 e. The molecule has 2 fully saturated rings. The number of amides is 1. The van der Waals surface area contributed by atoms with Gasteiger partial charge in [-0.25, -0.2) is 0 Å². The first-order chi connectivity index (χ1) is 8.99. The molecule has 3 nitrogen and oxygen atoms in total. The lowest BCUT2D eigenvalue weighted by Crippen LogP contribution is -2.59. The molecule has 0 saturated heterocycles. The lowest BCUT2D eigenvalue weighted by atomic mass is 9.62. The second-order valence-corrected chi connectivity index (χ2v) is 7.62. The molecule has 1 amide bonds. The molecule has 0 radical (unpaired) electrons. The molecule has 2 unspecified atom stereocenters. The second-order valence-electron chi connectivity index (χ2n) is 6.10. The minimum Gasteiger partial charge on any atom is -0.392 e. The molecule has 0 aliphatic heterocycles. The van der Waals surface area contributed by atoms with Gasteiger partial charge in [0.2, 0.25) is 5.91 Å². The number of nitrogens with two attached hydrogens (primary N) is 1. The topological polar surface area (TPSA) is 55.1 Å².